The SMILES string of the molecule is C[SiH](C)[Zr]([I])([I])([NH]C(C)(C)C)[CH]1C(Br)=Cc2ccccc21. The van der Waals surface area contributed by atoms with Crippen LogP contribution in [0.2, 0.25) is 13.1 Å². The van der Waals surface area contributed by atoms with Crippen molar-refractivity contribution < 1.29 is 9.85 Å². The van der Waals surface area contributed by atoms with E-state index in [-0.39, 0.29) is 5.54 Å². The molecule has 1 atom stereocenters. The molecule has 0 spiro atoms. The number of nitrogens with one attached hydrogen (secondary N) is 1. The van der Waals surface area contributed by atoms with Crippen molar-refractivity contribution in [2.45, 2.75) is 43.0 Å². The van der Waals surface area contributed by atoms with E-state index in [2.05, 4.69) is 119 Å². The summed E-state index contributed by atoms with van der Waals surface area (Å²) in [5.74, 6) is -0.865. The van der Waals surface area contributed by atoms with Crippen LogP contribution in [-0.2, 0) is 9.85 Å². The van der Waals surface area contributed by atoms with Crippen LogP contribution in [0.25, 0.3) is 6.08 Å². The van der Waals surface area contributed by atoms with Crippen LogP contribution in [0, 0.1) is 0 Å². The van der Waals surface area contributed by atoms with Crippen LogP contribution in [0.3, 0.4) is 0 Å². The fraction of sp³-hybridized carbons (Fsp3) is 0.467. The van der Waals surface area contributed by atoms with Crippen molar-refractivity contribution in [3.63, 3.8) is 0 Å². The maximum absolute atomic E-state index is 4.20. The summed E-state index contributed by atoms with van der Waals surface area (Å²) in [6, 6.07) is 8.91. The van der Waals surface area contributed by atoms with Crippen molar-refractivity contribution in [3.05, 3.63) is 39.9 Å². The molecule has 2 rings (SSSR count). The Labute approximate surface area is 157 Å². The number of fused-ring (bicyclic) bond motifs is 1. The van der Waals surface area contributed by atoms with Gasteiger partial charge in [-0.2, -0.15) is 0 Å². The second-order valence-electron chi connectivity index (χ2n) is 7.27. The molecule has 0 saturated carbocycles. The molecule has 0 radical (unpaired) electrons. The minimum absolute atomic E-state index is 0.162. The maximum atomic E-state index is 4.20. The Balaban J connectivity index is 2.62. The number of hydrogen-bond acceptors (Lipinski definition) is 1. The van der Waals surface area contributed by atoms with Gasteiger partial charge in [-0.05, 0) is 0 Å². The molecule has 1 aliphatic carbocycles. The number of hydrogen-bond donors (Lipinski definition) is 1. The normalized spacial score (nSPS) is 20.9. The molecule has 6 heteroatoms. The Kier molecular flexibility index (Phi) is 5.84. The molecule has 1 aromatic carbocycles. The first-order valence-electron chi connectivity index (χ1n) is 7.28. The molecule has 0 aliphatic heterocycles. The predicted octanol–water partition coefficient (Wildman–Crippen LogP) is 6.15. The third-order valence-corrected chi connectivity index (χ3v) is 88.3. The Bertz CT molecular complexity index is 596. The first-order valence-corrected chi connectivity index (χ1v) is 32.5. The molecule has 0 saturated heterocycles. The fourth-order valence-corrected chi connectivity index (χ4v) is 50.5. The van der Waals surface area contributed by atoms with Gasteiger partial charge in [-0.3, -0.25) is 0 Å². The first-order chi connectivity index (χ1) is 9.45. The minimum atomic E-state index is -3.18. The molecule has 1 aromatic rings. The summed E-state index contributed by atoms with van der Waals surface area (Å²) in [6.45, 7) is 12.0. The molecule has 1 nitrogen and oxygen atoms in total. The van der Waals surface area contributed by atoms with Gasteiger partial charge in [0.2, 0.25) is 0 Å². The average Bonchev–Trinajstić information content (AvgIpc) is 2.62. The van der Waals surface area contributed by atoms with Gasteiger partial charge in [-0.1, -0.05) is 0 Å². The number of halogens is 3. The number of benzene rings is 1. The van der Waals surface area contributed by atoms with Crippen molar-refractivity contribution in [2.75, 3.05) is 0 Å². The summed E-state index contributed by atoms with van der Waals surface area (Å²) in [5.41, 5.74) is 3.08. The summed E-state index contributed by atoms with van der Waals surface area (Å²) in [5, 5.41) is 0. The van der Waals surface area contributed by atoms with Crippen molar-refractivity contribution in [2.24, 2.45) is 0 Å². The predicted molar refractivity (Wildman–Crippen MR) is 116 cm³/mol. The average molecular weight is 670 g/mol. The van der Waals surface area contributed by atoms with Gasteiger partial charge < -0.3 is 0 Å². The van der Waals surface area contributed by atoms with E-state index in [9.17, 15) is 0 Å². The topological polar surface area (TPSA) is 12.0 Å². The molecule has 0 amide bonds. The molecule has 21 heavy (non-hydrogen) atoms. The van der Waals surface area contributed by atoms with Crippen molar-refractivity contribution >= 4 is 64.0 Å². The van der Waals surface area contributed by atoms with Crippen LogP contribution in [-0.4, -0.2) is 11.5 Å². The monoisotopic (exact) mass is 668 g/mol. The molecule has 0 bridgehead atoms. The van der Waals surface area contributed by atoms with Gasteiger partial charge in [-0.25, -0.2) is 0 Å². The quantitative estimate of drug-likeness (QED) is 0.301. The van der Waals surface area contributed by atoms with E-state index in [4.69, 9.17) is 0 Å². The summed E-state index contributed by atoms with van der Waals surface area (Å²) in [7, 11) is -3.18. The van der Waals surface area contributed by atoms with Crippen molar-refractivity contribution in [3.8, 4) is 0 Å². The van der Waals surface area contributed by atoms with Gasteiger partial charge in [0.25, 0.3) is 0 Å². The zero-order chi connectivity index (χ0) is 16.1. The van der Waals surface area contributed by atoms with Crippen molar-refractivity contribution in [1.82, 2.24) is 3.26 Å². The molecule has 0 heterocycles. The summed E-state index contributed by atoms with van der Waals surface area (Å²) in [6.07, 6.45) is 2.34. The number of allylic oxidation sites excluding steroid dienone is 1. The Morgan fingerprint density at radius 3 is 2.29 bits per heavy atom. The van der Waals surface area contributed by atoms with Gasteiger partial charge in [0, 0.05) is 0 Å². The van der Waals surface area contributed by atoms with Gasteiger partial charge in [0.1, 0.15) is 0 Å². The zero-order valence-electron chi connectivity index (χ0n) is 13.2. The Morgan fingerprint density at radius 2 is 1.76 bits per heavy atom. The molecule has 1 N–H and O–H groups in total. The molecule has 1 aliphatic rings. The Morgan fingerprint density at radius 1 is 1.19 bits per heavy atom. The fourth-order valence-electron chi connectivity index (χ4n) is 3.09. The van der Waals surface area contributed by atoms with E-state index in [1.54, 1.807) is 0 Å². The second-order valence-corrected chi connectivity index (χ2v) is 87.4. The molecule has 0 fully saturated rings. The van der Waals surface area contributed by atoms with Gasteiger partial charge in [-0.15, -0.1) is 0 Å². The summed E-state index contributed by atoms with van der Waals surface area (Å²) < 4.78 is 6.15. The van der Waals surface area contributed by atoms with E-state index < -0.39 is 15.8 Å². The van der Waals surface area contributed by atoms with E-state index in [0.717, 1.165) is 0 Å². The zero-order valence-corrected chi connectivity index (χ0v) is 22.7. The number of rotatable bonds is 3. The van der Waals surface area contributed by atoms with E-state index >= 15 is 0 Å². The Hall–Kier alpha value is 1.96. The van der Waals surface area contributed by atoms with Gasteiger partial charge in [0.15, 0.2) is 0 Å². The standard InChI is InChI=1S/C9H6Br.C4H10N.C2H7Si.2HI.Zr/c10-9-5-7-3-1-2-4-8(7)6-9;1-4(2,3)5;1-3-2;;;/h1-6H;5H,1-3H3;3H,1-2H3;2*1H;/q;-1;;;;+3/p-2. The molecule has 1 unspecified atom stereocenters. The van der Waals surface area contributed by atoms with E-state index in [1.165, 1.54) is 15.6 Å². The molecular weight excluding hydrogens is 647 g/mol. The first kappa shape index (κ1) is 19.3. The second kappa shape index (κ2) is 6.36. The molecular formula is C15H23BrI2NSiZr. The van der Waals surface area contributed by atoms with E-state index in [0.29, 0.717) is 3.63 Å². The third kappa shape index (κ3) is 3.80. The van der Waals surface area contributed by atoms with Crippen LogP contribution >= 0.6 is 52.0 Å². The van der Waals surface area contributed by atoms with Crippen molar-refractivity contribution in [1.29, 1.82) is 0 Å². The molecule has 117 valence electrons. The van der Waals surface area contributed by atoms with Crippen LogP contribution < -0.4 is 3.26 Å². The summed E-state index contributed by atoms with van der Waals surface area (Å²) >= 11 is 9.75. The van der Waals surface area contributed by atoms with Gasteiger partial charge >= 0.3 is 160 Å². The van der Waals surface area contributed by atoms with E-state index in [1.807, 2.05) is 0 Å². The molecule has 0 aromatic heterocycles. The van der Waals surface area contributed by atoms with Gasteiger partial charge in [0.05, 0.1) is 0 Å². The van der Waals surface area contributed by atoms with Crippen LogP contribution in [0.4, 0.5) is 0 Å². The van der Waals surface area contributed by atoms with Crippen LogP contribution in [0.1, 0.15) is 35.5 Å². The van der Waals surface area contributed by atoms with Crippen LogP contribution in [0.15, 0.2) is 28.7 Å². The van der Waals surface area contributed by atoms with Crippen LogP contribution in [0.5, 0.6) is 0 Å². The summed E-state index contributed by atoms with van der Waals surface area (Å²) in [4.78, 5) is 0. The third-order valence-electron chi connectivity index (χ3n) is 4.08.